The maximum absolute atomic E-state index is 14.3. The van der Waals surface area contributed by atoms with E-state index in [0.717, 1.165) is 31.2 Å². The van der Waals surface area contributed by atoms with Crippen LogP contribution in [0.5, 0.6) is 0 Å². The summed E-state index contributed by atoms with van der Waals surface area (Å²) >= 11 is 20.4. The van der Waals surface area contributed by atoms with Crippen molar-refractivity contribution in [2.75, 3.05) is 5.75 Å². The molecule has 0 bridgehead atoms. The molecule has 0 aromatic heterocycles. The maximum Gasteiger partial charge on any atom is 0.243 e. The third-order valence-electron chi connectivity index (χ3n) is 6.90. The van der Waals surface area contributed by atoms with Gasteiger partial charge in [0.05, 0.1) is 5.75 Å². The minimum atomic E-state index is -0.787. The minimum Gasteiger partial charge on any atom is -0.352 e. The highest BCUT2D eigenvalue weighted by molar-refractivity contribution is 7.99. The Labute approximate surface area is 248 Å². The van der Waals surface area contributed by atoms with Crippen LogP contribution >= 0.6 is 46.6 Å². The molecule has 1 aliphatic rings. The van der Waals surface area contributed by atoms with Crippen molar-refractivity contribution in [2.24, 2.45) is 0 Å². The van der Waals surface area contributed by atoms with E-state index in [1.807, 2.05) is 30.3 Å². The molecule has 0 saturated heterocycles. The summed E-state index contributed by atoms with van der Waals surface area (Å²) in [5.41, 5.74) is 1.85. The Balaban J connectivity index is 1.62. The molecule has 39 heavy (non-hydrogen) atoms. The maximum atomic E-state index is 14.3. The van der Waals surface area contributed by atoms with E-state index in [1.165, 1.54) is 17.8 Å². The van der Waals surface area contributed by atoms with Gasteiger partial charge in [0.2, 0.25) is 11.8 Å². The predicted octanol–water partition coefficient (Wildman–Crippen LogP) is 7.72. The van der Waals surface area contributed by atoms with E-state index in [-0.39, 0.29) is 35.9 Å². The molecule has 3 aromatic rings. The number of halogens is 4. The zero-order chi connectivity index (χ0) is 27.8. The third kappa shape index (κ3) is 8.14. The van der Waals surface area contributed by atoms with Crippen LogP contribution < -0.4 is 5.32 Å². The van der Waals surface area contributed by atoms with E-state index in [2.05, 4.69) is 5.32 Å². The average Bonchev–Trinajstić information content (AvgIpc) is 3.43. The van der Waals surface area contributed by atoms with Crippen LogP contribution in [0.1, 0.15) is 42.4 Å². The molecule has 4 nitrogen and oxygen atoms in total. The minimum absolute atomic E-state index is 0.0226. The molecule has 1 aliphatic carbocycles. The topological polar surface area (TPSA) is 49.4 Å². The third-order valence-corrected chi connectivity index (χ3v) is 8.90. The van der Waals surface area contributed by atoms with Gasteiger partial charge in [-0.05, 0) is 42.7 Å². The zero-order valence-corrected chi connectivity index (χ0v) is 24.4. The van der Waals surface area contributed by atoms with Gasteiger partial charge in [-0.3, -0.25) is 9.59 Å². The van der Waals surface area contributed by atoms with Crippen molar-refractivity contribution in [1.29, 1.82) is 0 Å². The van der Waals surface area contributed by atoms with Crippen LogP contribution in [0.25, 0.3) is 0 Å². The van der Waals surface area contributed by atoms with Crippen LogP contribution in [-0.4, -0.2) is 34.6 Å². The van der Waals surface area contributed by atoms with E-state index in [0.29, 0.717) is 32.6 Å². The molecule has 0 radical (unpaired) electrons. The molecule has 206 valence electrons. The fourth-order valence-corrected chi connectivity index (χ4v) is 6.53. The van der Waals surface area contributed by atoms with Crippen LogP contribution in [0.3, 0.4) is 0 Å². The second kappa shape index (κ2) is 14.4. The summed E-state index contributed by atoms with van der Waals surface area (Å²) in [6, 6.07) is 18.6. The van der Waals surface area contributed by atoms with Crippen LogP contribution in [0.2, 0.25) is 15.1 Å². The van der Waals surface area contributed by atoms with E-state index in [9.17, 15) is 14.0 Å². The molecular formula is C30H30Cl3FN2O2S. The molecule has 9 heteroatoms. The SMILES string of the molecule is O=C(NC1CCCC1)[C@@H](Cc1ccccc1)N(Cc1c(Cl)cccc1Cl)C(=O)CSCc1c(F)cccc1Cl. The summed E-state index contributed by atoms with van der Waals surface area (Å²) in [5.74, 6) is -0.653. The van der Waals surface area contributed by atoms with E-state index < -0.39 is 11.9 Å². The van der Waals surface area contributed by atoms with Crippen molar-refractivity contribution in [3.8, 4) is 0 Å². The fourth-order valence-electron chi connectivity index (χ4n) is 4.77. The summed E-state index contributed by atoms with van der Waals surface area (Å²) in [6.45, 7) is 0.0634. The van der Waals surface area contributed by atoms with Crippen LogP contribution in [0.15, 0.2) is 66.7 Å². The van der Waals surface area contributed by atoms with Gasteiger partial charge < -0.3 is 10.2 Å². The van der Waals surface area contributed by atoms with Gasteiger partial charge in [0.25, 0.3) is 0 Å². The number of benzene rings is 3. The van der Waals surface area contributed by atoms with E-state index in [1.54, 1.807) is 35.2 Å². The number of nitrogens with zero attached hydrogens (tertiary/aromatic N) is 1. The molecule has 1 N–H and O–H groups in total. The number of carbonyl (C=O) groups excluding carboxylic acids is 2. The van der Waals surface area contributed by atoms with Crippen molar-refractivity contribution in [1.82, 2.24) is 10.2 Å². The van der Waals surface area contributed by atoms with Crippen molar-refractivity contribution in [2.45, 2.75) is 56.5 Å². The Hall–Kier alpha value is -2.25. The van der Waals surface area contributed by atoms with Gasteiger partial charge in [-0.1, -0.05) is 90.1 Å². The summed E-state index contributed by atoms with van der Waals surface area (Å²) in [6.07, 6.45) is 4.32. The molecule has 2 amide bonds. The first-order valence-corrected chi connectivity index (χ1v) is 15.2. The highest BCUT2D eigenvalue weighted by Gasteiger charge is 2.33. The normalized spacial score (nSPS) is 14.3. The fraction of sp³-hybridized carbons (Fsp3) is 0.333. The van der Waals surface area contributed by atoms with Gasteiger partial charge in [0.15, 0.2) is 0 Å². The molecule has 0 aliphatic heterocycles. The summed E-state index contributed by atoms with van der Waals surface area (Å²) in [4.78, 5) is 29.1. The molecular weight excluding hydrogens is 578 g/mol. The van der Waals surface area contributed by atoms with Crippen molar-refractivity contribution in [3.63, 3.8) is 0 Å². The molecule has 1 fully saturated rings. The van der Waals surface area contributed by atoms with Crippen molar-refractivity contribution < 1.29 is 14.0 Å². The lowest BCUT2D eigenvalue weighted by Gasteiger charge is -2.33. The first-order valence-electron chi connectivity index (χ1n) is 12.9. The number of thioether (sulfide) groups is 1. The molecule has 0 unspecified atom stereocenters. The second-order valence-electron chi connectivity index (χ2n) is 9.61. The zero-order valence-electron chi connectivity index (χ0n) is 21.3. The van der Waals surface area contributed by atoms with Gasteiger partial charge in [0.1, 0.15) is 11.9 Å². The Kier molecular flexibility index (Phi) is 11.0. The summed E-state index contributed by atoms with van der Waals surface area (Å²) in [7, 11) is 0. The van der Waals surface area contributed by atoms with Gasteiger partial charge in [-0.15, -0.1) is 11.8 Å². The number of rotatable bonds is 11. The number of amides is 2. The average molecular weight is 608 g/mol. The molecule has 1 saturated carbocycles. The first kappa shape index (κ1) is 29.7. The Morgan fingerprint density at radius 1 is 0.897 bits per heavy atom. The molecule has 3 aromatic carbocycles. The number of nitrogens with one attached hydrogen (secondary N) is 1. The van der Waals surface area contributed by atoms with Gasteiger partial charge in [-0.25, -0.2) is 4.39 Å². The smallest absolute Gasteiger partial charge is 0.243 e. The van der Waals surface area contributed by atoms with Crippen LogP contribution in [0.4, 0.5) is 4.39 Å². The summed E-state index contributed by atoms with van der Waals surface area (Å²) in [5, 5.41) is 4.32. The van der Waals surface area contributed by atoms with E-state index in [4.69, 9.17) is 34.8 Å². The van der Waals surface area contributed by atoms with Gasteiger partial charge >= 0.3 is 0 Å². The quantitative estimate of drug-likeness (QED) is 0.243. The molecule has 0 spiro atoms. The first-order chi connectivity index (χ1) is 18.8. The summed E-state index contributed by atoms with van der Waals surface area (Å²) < 4.78 is 14.3. The standard InChI is InChI=1S/C30H30Cl3FN2O2S/c31-24-12-6-13-25(32)22(24)17-36(29(37)19-39-18-23-26(33)14-7-15-27(23)34)28(16-20-8-2-1-3-9-20)30(38)35-21-10-4-5-11-21/h1-3,6-9,12-15,21,28H,4-5,10-11,16-19H2,(H,35,38)/t28-/m1/s1. The lowest BCUT2D eigenvalue weighted by molar-refractivity contribution is -0.139. The second-order valence-corrected chi connectivity index (χ2v) is 11.8. The van der Waals surface area contributed by atoms with Crippen LogP contribution in [0, 0.1) is 5.82 Å². The molecule has 1 atom stereocenters. The highest BCUT2D eigenvalue weighted by atomic mass is 35.5. The highest BCUT2D eigenvalue weighted by Crippen LogP contribution is 2.29. The Morgan fingerprint density at radius 3 is 2.15 bits per heavy atom. The largest absolute Gasteiger partial charge is 0.352 e. The Bertz CT molecular complexity index is 1250. The lowest BCUT2D eigenvalue weighted by atomic mass is 10.0. The number of carbonyl (C=O) groups is 2. The van der Waals surface area contributed by atoms with Crippen molar-refractivity contribution >= 4 is 58.4 Å². The number of hydrogen-bond donors (Lipinski definition) is 1. The Morgan fingerprint density at radius 2 is 1.51 bits per heavy atom. The molecule has 0 heterocycles. The lowest BCUT2D eigenvalue weighted by Crippen LogP contribution is -2.52. The number of hydrogen-bond acceptors (Lipinski definition) is 3. The van der Waals surface area contributed by atoms with Gasteiger partial charge in [0, 0.05) is 51.0 Å². The van der Waals surface area contributed by atoms with Crippen LogP contribution in [-0.2, 0) is 28.3 Å². The van der Waals surface area contributed by atoms with E-state index >= 15 is 0 Å². The molecule has 4 rings (SSSR count). The van der Waals surface area contributed by atoms with Gasteiger partial charge in [-0.2, -0.15) is 0 Å². The monoisotopic (exact) mass is 606 g/mol. The predicted molar refractivity (Wildman–Crippen MR) is 159 cm³/mol. The van der Waals surface area contributed by atoms with Crippen molar-refractivity contribution in [3.05, 3.63) is 104 Å².